The minimum absolute atomic E-state index is 0.0362. The van der Waals surface area contributed by atoms with Crippen LogP contribution in [0.15, 0.2) is 48.7 Å². The highest BCUT2D eigenvalue weighted by Gasteiger charge is 2.23. The highest BCUT2D eigenvalue weighted by Crippen LogP contribution is 2.29. The van der Waals surface area contributed by atoms with Crippen LogP contribution in [-0.2, 0) is 0 Å². The molecule has 1 aliphatic rings. The summed E-state index contributed by atoms with van der Waals surface area (Å²) in [5.41, 5.74) is 1.15. The molecule has 2 aromatic heterocycles. The molecule has 7 nitrogen and oxygen atoms in total. The number of benzene rings is 1. The fourth-order valence-electron chi connectivity index (χ4n) is 4.15. The number of nitrogens with zero attached hydrogens (tertiary/aromatic N) is 2. The van der Waals surface area contributed by atoms with Gasteiger partial charge in [-0.2, -0.15) is 0 Å². The lowest BCUT2D eigenvalue weighted by atomic mass is 9.84. The van der Waals surface area contributed by atoms with Gasteiger partial charge >= 0.3 is 0 Å². The molecule has 1 aromatic carbocycles. The van der Waals surface area contributed by atoms with E-state index in [1.165, 1.54) is 19.3 Å². The predicted molar refractivity (Wildman–Crippen MR) is 121 cm³/mol. The highest BCUT2D eigenvalue weighted by atomic mass is 16.5. The maximum Gasteiger partial charge on any atom is 0.269 e. The summed E-state index contributed by atoms with van der Waals surface area (Å²) in [5, 5.41) is 16.8. The van der Waals surface area contributed by atoms with E-state index in [0.717, 1.165) is 29.6 Å². The Kier molecular flexibility index (Phi) is 6.62. The lowest BCUT2D eigenvalue weighted by Crippen LogP contribution is -2.34. The molecule has 1 atom stereocenters. The van der Waals surface area contributed by atoms with E-state index in [9.17, 15) is 9.90 Å². The third-order valence-corrected chi connectivity index (χ3v) is 5.84. The zero-order valence-corrected chi connectivity index (χ0v) is 17.7. The van der Waals surface area contributed by atoms with Crippen LogP contribution < -0.4 is 15.4 Å². The first-order valence-corrected chi connectivity index (χ1v) is 10.8. The average molecular weight is 421 g/mol. The van der Waals surface area contributed by atoms with Crippen LogP contribution in [0.1, 0.15) is 42.6 Å². The maximum atomic E-state index is 11.8. The van der Waals surface area contributed by atoms with Gasteiger partial charge in [-0.3, -0.25) is 9.78 Å². The molecule has 3 aromatic rings. The number of rotatable bonds is 7. The SMILES string of the molecule is CNC(=O)c1cc(Oc2ccc3nc(N[C@H](CO)C4CCCCC4)ccc3c2)ccn1. The first-order chi connectivity index (χ1) is 15.2. The number of nitrogens with one attached hydrogen (secondary N) is 2. The smallest absolute Gasteiger partial charge is 0.269 e. The molecule has 4 rings (SSSR count). The van der Waals surface area contributed by atoms with E-state index in [4.69, 9.17) is 9.72 Å². The Labute approximate surface area is 181 Å². The second kappa shape index (κ2) is 9.75. The second-order valence-corrected chi connectivity index (χ2v) is 7.94. The summed E-state index contributed by atoms with van der Waals surface area (Å²) in [6.45, 7) is 0.112. The number of amides is 1. The second-order valence-electron chi connectivity index (χ2n) is 7.94. The molecule has 0 radical (unpaired) electrons. The standard InChI is InChI=1S/C24H28N4O3/c1-25-24(30)21-14-19(11-12-26-21)31-18-8-9-20-17(13-18)7-10-23(27-20)28-22(15-29)16-5-3-2-4-6-16/h7-14,16,22,29H,2-6,15H2,1H3,(H,25,30)(H,27,28)/t22-/m1/s1. The summed E-state index contributed by atoms with van der Waals surface area (Å²) in [5.74, 6) is 2.20. The van der Waals surface area contributed by atoms with Crippen molar-refractivity contribution in [2.45, 2.75) is 38.1 Å². The average Bonchev–Trinajstić information content (AvgIpc) is 2.82. The summed E-state index contributed by atoms with van der Waals surface area (Å²) >= 11 is 0. The Morgan fingerprint density at radius 1 is 1.13 bits per heavy atom. The molecule has 0 spiro atoms. The number of pyridine rings is 2. The van der Waals surface area contributed by atoms with Gasteiger partial charge in [-0.05, 0) is 55.2 Å². The van der Waals surface area contributed by atoms with Gasteiger partial charge in [-0.15, -0.1) is 0 Å². The van der Waals surface area contributed by atoms with E-state index < -0.39 is 0 Å². The van der Waals surface area contributed by atoms with E-state index in [0.29, 0.717) is 23.1 Å². The maximum absolute atomic E-state index is 11.8. The molecule has 1 fully saturated rings. The van der Waals surface area contributed by atoms with Crippen molar-refractivity contribution in [1.29, 1.82) is 0 Å². The highest BCUT2D eigenvalue weighted by molar-refractivity contribution is 5.92. The van der Waals surface area contributed by atoms with Crippen LogP contribution in [0.25, 0.3) is 10.9 Å². The van der Waals surface area contributed by atoms with Crippen molar-refractivity contribution in [2.24, 2.45) is 5.92 Å². The molecular weight excluding hydrogens is 392 g/mol. The van der Waals surface area contributed by atoms with Gasteiger partial charge in [0.1, 0.15) is 23.0 Å². The Bertz CT molecular complexity index is 1050. The molecule has 1 saturated carbocycles. The van der Waals surface area contributed by atoms with Crippen molar-refractivity contribution in [3.8, 4) is 11.5 Å². The van der Waals surface area contributed by atoms with Crippen molar-refractivity contribution < 1.29 is 14.6 Å². The largest absolute Gasteiger partial charge is 0.457 e. The van der Waals surface area contributed by atoms with Gasteiger partial charge in [0.05, 0.1) is 18.2 Å². The van der Waals surface area contributed by atoms with Gasteiger partial charge in [0.2, 0.25) is 0 Å². The van der Waals surface area contributed by atoms with Crippen molar-refractivity contribution >= 4 is 22.6 Å². The third-order valence-electron chi connectivity index (χ3n) is 5.84. The molecule has 162 valence electrons. The first kappa shape index (κ1) is 21.1. The number of carbonyl (C=O) groups excluding carboxylic acids is 1. The van der Waals surface area contributed by atoms with Crippen molar-refractivity contribution in [2.75, 3.05) is 19.0 Å². The topological polar surface area (TPSA) is 96.4 Å². The zero-order chi connectivity index (χ0) is 21.6. The van der Waals surface area contributed by atoms with Gasteiger partial charge in [-0.1, -0.05) is 19.3 Å². The predicted octanol–water partition coefficient (Wildman–Crippen LogP) is 4.13. The van der Waals surface area contributed by atoms with Gasteiger partial charge in [-0.25, -0.2) is 4.98 Å². The van der Waals surface area contributed by atoms with Crippen molar-refractivity contribution in [3.05, 3.63) is 54.4 Å². The van der Waals surface area contributed by atoms with Gasteiger partial charge in [0.15, 0.2) is 0 Å². The molecule has 7 heteroatoms. The molecule has 1 amide bonds. The van der Waals surface area contributed by atoms with E-state index >= 15 is 0 Å². The van der Waals surface area contributed by atoms with E-state index in [1.807, 2.05) is 30.3 Å². The lowest BCUT2D eigenvalue weighted by molar-refractivity contribution is 0.0958. The Hall–Kier alpha value is -3.19. The number of ether oxygens (including phenoxy) is 1. The summed E-state index contributed by atoms with van der Waals surface area (Å²) in [4.78, 5) is 20.5. The van der Waals surface area contributed by atoms with Crippen molar-refractivity contribution in [3.63, 3.8) is 0 Å². The number of carbonyl (C=O) groups is 1. The van der Waals surface area contributed by atoms with Crippen LogP contribution in [0.3, 0.4) is 0 Å². The Morgan fingerprint density at radius 3 is 2.71 bits per heavy atom. The van der Waals surface area contributed by atoms with Crippen LogP contribution in [0.5, 0.6) is 11.5 Å². The molecule has 0 unspecified atom stereocenters. The number of hydrogen-bond donors (Lipinski definition) is 3. The third kappa shape index (κ3) is 5.11. The van der Waals surface area contributed by atoms with Crippen LogP contribution in [0.4, 0.5) is 5.82 Å². The van der Waals surface area contributed by atoms with E-state index in [1.54, 1.807) is 25.4 Å². The summed E-state index contributed by atoms with van der Waals surface area (Å²) in [7, 11) is 1.56. The fourth-order valence-corrected chi connectivity index (χ4v) is 4.15. The summed E-state index contributed by atoms with van der Waals surface area (Å²) in [6, 6.07) is 13.0. The van der Waals surface area contributed by atoms with E-state index in [2.05, 4.69) is 15.6 Å². The minimum atomic E-state index is -0.261. The fraction of sp³-hybridized carbons (Fsp3) is 0.375. The number of fused-ring (bicyclic) bond motifs is 1. The molecule has 3 N–H and O–H groups in total. The van der Waals surface area contributed by atoms with E-state index in [-0.39, 0.29) is 18.6 Å². The first-order valence-electron chi connectivity index (χ1n) is 10.8. The Balaban J connectivity index is 1.48. The molecule has 1 aliphatic carbocycles. The quantitative estimate of drug-likeness (QED) is 0.532. The summed E-state index contributed by atoms with van der Waals surface area (Å²) in [6.07, 6.45) is 7.62. The molecule has 0 aliphatic heterocycles. The molecule has 0 bridgehead atoms. The minimum Gasteiger partial charge on any atom is -0.457 e. The Morgan fingerprint density at radius 2 is 1.94 bits per heavy atom. The van der Waals surface area contributed by atoms with Crippen molar-refractivity contribution in [1.82, 2.24) is 15.3 Å². The molecule has 0 saturated heterocycles. The van der Waals surface area contributed by atoms with Crippen LogP contribution >= 0.6 is 0 Å². The normalized spacial score (nSPS) is 15.4. The van der Waals surface area contributed by atoms with Gasteiger partial charge in [0, 0.05) is 24.7 Å². The molecular formula is C24H28N4O3. The summed E-state index contributed by atoms with van der Waals surface area (Å²) < 4.78 is 5.92. The zero-order valence-electron chi connectivity index (χ0n) is 17.7. The molecule has 2 heterocycles. The number of aliphatic hydroxyl groups is 1. The number of hydrogen-bond acceptors (Lipinski definition) is 6. The lowest BCUT2D eigenvalue weighted by Gasteiger charge is -2.30. The number of aromatic nitrogens is 2. The van der Waals surface area contributed by atoms with Crippen LogP contribution in [-0.4, -0.2) is 40.7 Å². The number of anilines is 1. The number of aliphatic hydroxyl groups excluding tert-OH is 1. The van der Waals surface area contributed by atoms with Crippen LogP contribution in [0, 0.1) is 5.92 Å². The monoisotopic (exact) mass is 420 g/mol. The van der Waals surface area contributed by atoms with Crippen LogP contribution in [0.2, 0.25) is 0 Å². The van der Waals surface area contributed by atoms with Gasteiger partial charge < -0.3 is 20.5 Å². The van der Waals surface area contributed by atoms with Gasteiger partial charge in [0.25, 0.3) is 5.91 Å². The molecule has 31 heavy (non-hydrogen) atoms.